The number of carbonyl (C=O) groups excluding carboxylic acids is 2. The van der Waals surface area contributed by atoms with Crippen LogP contribution in [0.3, 0.4) is 0 Å². The molecule has 3 heterocycles. The van der Waals surface area contributed by atoms with Gasteiger partial charge in [0.1, 0.15) is 11.5 Å². The Morgan fingerprint density at radius 3 is 2.31 bits per heavy atom. The lowest BCUT2D eigenvalue weighted by molar-refractivity contribution is -0.137. The van der Waals surface area contributed by atoms with Crippen LogP contribution in [-0.4, -0.2) is 60.0 Å². The van der Waals surface area contributed by atoms with Crippen LogP contribution in [0.15, 0.2) is 18.3 Å². The average molecular weight is 410 g/mol. The van der Waals surface area contributed by atoms with Crippen LogP contribution in [0, 0.1) is 13.8 Å². The van der Waals surface area contributed by atoms with Gasteiger partial charge in [-0.25, -0.2) is 9.78 Å². The van der Waals surface area contributed by atoms with Gasteiger partial charge in [-0.3, -0.25) is 4.79 Å². The predicted molar refractivity (Wildman–Crippen MR) is 99.0 cm³/mol. The number of ether oxygens (including phenoxy) is 1. The zero-order valence-electron chi connectivity index (χ0n) is 16.3. The molecule has 0 atom stereocenters. The van der Waals surface area contributed by atoms with Crippen LogP contribution in [0.5, 0.6) is 0 Å². The molecule has 1 fully saturated rings. The molecule has 0 bridgehead atoms. The lowest BCUT2D eigenvalue weighted by atomic mass is 10.1. The monoisotopic (exact) mass is 410 g/mol. The second-order valence-electron chi connectivity index (χ2n) is 6.80. The van der Waals surface area contributed by atoms with Crippen molar-refractivity contribution in [3.8, 4) is 0 Å². The van der Waals surface area contributed by atoms with E-state index in [1.165, 1.54) is 13.2 Å². The molecule has 1 saturated heterocycles. The third-order valence-corrected chi connectivity index (χ3v) is 5.01. The highest BCUT2D eigenvalue weighted by atomic mass is 19.4. The number of alkyl halides is 3. The lowest BCUT2D eigenvalue weighted by Gasteiger charge is -2.35. The standard InChI is InChI=1S/C19H21F3N4O3/c1-11-15(18(28)29-3)12(2)24-16(11)17(27)26-8-6-25(7-9-26)14-5-4-13(10-23-14)19(20,21)22/h4-5,10,24H,6-9H2,1-3H3. The Hall–Kier alpha value is -3.04. The zero-order chi connectivity index (χ0) is 21.3. The topological polar surface area (TPSA) is 78.5 Å². The summed E-state index contributed by atoms with van der Waals surface area (Å²) in [6, 6.07) is 2.33. The van der Waals surface area contributed by atoms with Crippen LogP contribution >= 0.6 is 0 Å². The number of carbonyl (C=O) groups is 2. The normalized spacial score (nSPS) is 14.8. The van der Waals surface area contributed by atoms with Gasteiger partial charge >= 0.3 is 12.1 Å². The van der Waals surface area contributed by atoms with Crippen LogP contribution in [0.4, 0.5) is 19.0 Å². The molecule has 0 saturated carbocycles. The van der Waals surface area contributed by atoms with Gasteiger partial charge < -0.3 is 19.5 Å². The molecule has 1 aliphatic rings. The first-order chi connectivity index (χ1) is 13.6. The first-order valence-electron chi connectivity index (χ1n) is 8.98. The van der Waals surface area contributed by atoms with Crippen LogP contribution in [0.2, 0.25) is 0 Å². The number of pyridine rings is 1. The highest BCUT2D eigenvalue weighted by Gasteiger charge is 2.32. The van der Waals surface area contributed by atoms with Crippen molar-refractivity contribution in [2.75, 3.05) is 38.2 Å². The number of hydrogen-bond acceptors (Lipinski definition) is 5. The van der Waals surface area contributed by atoms with E-state index in [1.54, 1.807) is 18.7 Å². The second kappa shape index (κ2) is 7.76. The minimum atomic E-state index is -4.42. The maximum Gasteiger partial charge on any atom is 0.417 e. The fraction of sp³-hybridized carbons (Fsp3) is 0.421. The number of H-pyrrole nitrogens is 1. The number of halogens is 3. The van der Waals surface area contributed by atoms with E-state index in [-0.39, 0.29) is 5.91 Å². The number of amides is 1. The smallest absolute Gasteiger partial charge is 0.417 e. The van der Waals surface area contributed by atoms with Crippen LogP contribution in [0.1, 0.15) is 37.7 Å². The summed E-state index contributed by atoms with van der Waals surface area (Å²) in [4.78, 5) is 35.1. The van der Waals surface area contributed by atoms with Gasteiger partial charge in [-0.05, 0) is 31.5 Å². The number of rotatable bonds is 3. The summed E-state index contributed by atoms with van der Waals surface area (Å²) >= 11 is 0. The van der Waals surface area contributed by atoms with E-state index < -0.39 is 17.7 Å². The number of aryl methyl sites for hydroxylation is 1. The van der Waals surface area contributed by atoms with E-state index in [0.29, 0.717) is 54.5 Å². The van der Waals surface area contributed by atoms with Gasteiger partial charge in [0, 0.05) is 38.1 Å². The van der Waals surface area contributed by atoms with Gasteiger partial charge in [0.15, 0.2) is 0 Å². The number of nitrogens with one attached hydrogen (secondary N) is 1. The predicted octanol–water partition coefficient (Wildman–Crippen LogP) is 2.79. The van der Waals surface area contributed by atoms with Gasteiger partial charge in [0.05, 0.1) is 18.2 Å². The van der Waals surface area contributed by atoms with Crippen molar-refractivity contribution in [2.24, 2.45) is 0 Å². The molecule has 0 unspecified atom stereocenters. The Kier molecular flexibility index (Phi) is 5.54. The van der Waals surface area contributed by atoms with Crippen LogP contribution < -0.4 is 4.90 Å². The fourth-order valence-corrected chi connectivity index (χ4v) is 3.41. The lowest BCUT2D eigenvalue weighted by Crippen LogP contribution is -2.49. The number of methoxy groups -OCH3 is 1. The van der Waals surface area contributed by atoms with Crippen molar-refractivity contribution in [1.82, 2.24) is 14.9 Å². The number of nitrogens with zero attached hydrogens (tertiary/aromatic N) is 3. The van der Waals surface area contributed by atoms with Crippen molar-refractivity contribution in [3.05, 3.63) is 46.4 Å². The minimum absolute atomic E-state index is 0.235. The van der Waals surface area contributed by atoms with Gasteiger partial charge in [-0.15, -0.1) is 0 Å². The number of esters is 1. The number of anilines is 1. The van der Waals surface area contributed by atoms with Crippen LogP contribution in [0.25, 0.3) is 0 Å². The molecule has 3 rings (SSSR count). The summed E-state index contributed by atoms with van der Waals surface area (Å²) in [5, 5.41) is 0. The molecule has 1 amide bonds. The van der Waals surface area contributed by atoms with E-state index in [0.717, 1.165) is 12.3 Å². The first-order valence-corrected chi connectivity index (χ1v) is 8.98. The molecular formula is C19H21F3N4O3. The number of aromatic amines is 1. The molecule has 0 spiro atoms. The molecular weight excluding hydrogens is 389 g/mol. The van der Waals surface area contributed by atoms with Gasteiger partial charge in [-0.1, -0.05) is 0 Å². The Bertz CT molecular complexity index is 914. The summed E-state index contributed by atoms with van der Waals surface area (Å²) in [6.07, 6.45) is -3.61. The molecule has 29 heavy (non-hydrogen) atoms. The Balaban J connectivity index is 1.68. The molecule has 1 aliphatic heterocycles. The summed E-state index contributed by atoms with van der Waals surface area (Å²) in [5.74, 6) is -0.306. The SMILES string of the molecule is COC(=O)c1c(C)[nH]c(C(=O)N2CCN(c3ccc(C(F)(F)F)cn3)CC2)c1C. The highest BCUT2D eigenvalue weighted by Crippen LogP contribution is 2.29. The molecule has 10 heteroatoms. The summed E-state index contributed by atoms with van der Waals surface area (Å²) in [5.41, 5.74) is 0.984. The second-order valence-corrected chi connectivity index (χ2v) is 6.80. The van der Waals surface area contributed by atoms with Crippen molar-refractivity contribution in [1.29, 1.82) is 0 Å². The fourth-order valence-electron chi connectivity index (χ4n) is 3.41. The third kappa shape index (κ3) is 4.06. The zero-order valence-corrected chi connectivity index (χ0v) is 16.3. The minimum Gasteiger partial charge on any atom is -0.465 e. The Morgan fingerprint density at radius 2 is 1.79 bits per heavy atom. The molecule has 0 aromatic carbocycles. The summed E-state index contributed by atoms with van der Waals surface area (Å²) in [7, 11) is 1.28. The Labute approximate surface area is 165 Å². The van der Waals surface area contributed by atoms with E-state index in [4.69, 9.17) is 4.74 Å². The number of aromatic nitrogens is 2. The molecule has 7 nitrogen and oxygen atoms in total. The molecule has 2 aromatic rings. The van der Waals surface area contributed by atoms with Crippen molar-refractivity contribution >= 4 is 17.7 Å². The first kappa shape index (κ1) is 20.7. The van der Waals surface area contributed by atoms with E-state index >= 15 is 0 Å². The van der Waals surface area contributed by atoms with Gasteiger partial charge in [0.2, 0.25) is 0 Å². The molecule has 0 radical (unpaired) electrons. The maximum atomic E-state index is 12.9. The highest BCUT2D eigenvalue weighted by molar-refractivity contribution is 6.00. The molecule has 2 aromatic heterocycles. The van der Waals surface area contributed by atoms with Crippen molar-refractivity contribution in [2.45, 2.75) is 20.0 Å². The quantitative estimate of drug-likeness (QED) is 0.788. The summed E-state index contributed by atoms with van der Waals surface area (Å²) in [6.45, 7) is 5.02. The summed E-state index contributed by atoms with van der Waals surface area (Å²) < 4.78 is 42.8. The van der Waals surface area contributed by atoms with Gasteiger partial charge in [-0.2, -0.15) is 13.2 Å². The number of hydrogen-bond donors (Lipinski definition) is 1. The van der Waals surface area contributed by atoms with E-state index in [9.17, 15) is 22.8 Å². The average Bonchev–Trinajstić information content (AvgIpc) is 3.00. The largest absolute Gasteiger partial charge is 0.465 e. The third-order valence-electron chi connectivity index (χ3n) is 5.01. The number of piperazine rings is 1. The van der Waals surface area contributed by atoms with E-state index in [2.05, 4.69) is 9.97 Å². The van der Waals surface area contributed by atoms with Crippen LogP contribution in [-0.2, 0) is 10.9 Å². The maximum absolute atomic E-state index is 12.9. The Morgan fingerprint density at radius 1 is 1.14 bits per heavy atom. The van der Waals surface area contributed by atoms with Crippen molar-refractivity contribution in [3.63, 3.8) is 0 Å². The van der Waals surface area contributed by atoms with E-state index in [1.807, 2.05) is 4.90 Å². The van der Waals surface area contributed by atoms with Gasteiger partial charge in [0.25, 0.3) is 5.91 Å². The molecule has 1 N–H and O–H groups in total. The molecule has 156 valence electrons. The van der Waals surface area contributed by atoms with Crippen molar-refractivity contribution < 1.29 is 27.5 Å². The molecule has 0 aliphatic carbocycles.